The Morgan fingerprint density at radius 3 is 2.19 bits per heavy atom. The average Bonchev–Trinajstić information content (AvgIpc) is 2.99. The lowest BCUT2D eigenvalue weighted by Crippen LogP contribution is -2.53. The van der Waals surface area contributed by atoms with Crippen LogP contribution in [0.4, 0.5) is 10.1 Å². The van der Waals surface area contributed by atoms with Gasteiger partial charge in [-0.3, -0.25) is 13.9 Å². The zero-order valence-corrected chi connectivity index (χ0v) is 26.3. The van der Waals surface area contributed by atoms with E-state index in [4.69, 9.17) is 9.47 Å². The van der Waals surface area contributed by atoms with Gasteiger partial charge >= 0.3 is 0 Å². The van der Waals surface area contributed by atoms with Gasteiger partial charge in [-0.25, -0.2) is 12.8 Å². The summed E-state index contributed by atoms with van der Waals surface area (Å²) in [7, 11) is -1.57. The number of hydrogen-bond donors (Lipinski definition) is 1. The molecule has 0 bridgehead atoms. The summed E-state index contributed by atoms with van der Waals surface area (Å²) >= 11 is 0. The molecule has 11 heteroatoms. The molecule has 0 saturated carbocycles. The maximum Gasteiger partial charge on any atom is 0.264 e. The van der Waals surface area contributed by atoms with Gasteiger partial charge in [0.05, 0.1) is 24.8 Å². The van der Waals surface area contributed by atoms with E-state index in [1.165, 1.54) is 49.5 Å². The molecular formula is C32H40FN3O6S. The molecule has 0 fully saturated rings. The molecule has 1 N–H and O–H groups in total. The lowest BCUT2D eigenvalue weighted by molar-refractivity contribution is -0.140. The molecule has 0 aliphatic rings. The van der Waals surface area contributed by atoms with Crippen LogP contribution in [0, 0.1) is 12.7 Å². The van der Waals surface area contributed by atoms with E-state index in [9.17, 15) is 22.4 Å². The largest absolute Gasteiger partial charge is 0.493 e. The van der Waals surface area contributed by atoms with Crippen LogP contribution in [0.3, 0.4) is 0 Å². The van der Waals surface area contributed by atoms with Gasteiger partial charge in [-0.05, 0) is 68.7 Å². The van der Waals surface area contributed by atoms with Gasteiger partial charge in [0.15, 0.2) is 11.5 Å². The van der Waals surface area contributed by atoms with Crippen LogP contribution in [-0.2, 0) is 26.2 Å². The summed E-state index contributed by atoms with van der Waals surface area (Å²) in [6.07, 6.45) is 1.01. The first-order valence-corrected chi connectivity index (χ1v) is 15.5. The molecule has 9 nitrogen and oxygen atoms in total. The highest BCUT2D eigenvalue weighted by Crippen LogP contribution is 2.32. The average molecular weight is 614 g/mol. The van der Waals surface area contributed by atoms with Crippen LogP contribution in [0.1, 0.15) is 44.7 Å². The van der Waals surface area contributed by atoms with Crippen LogP contribution in [0.15, 0.2) is 71.6 Å². The number of ether oxygens (including phenoxy) is 2. The number of anilines is 1. The number of aryl methyl sites for hydroxylation is 1. The topological polar surface area (TPSA) is 105 Å². The van der Waals surface area contributed by atoms with Gasteiger partial charge in [0, 0.05) is 18.7 Å². The molecule has 2 atom stereocenters. The Kier molecular flexibility index (Phi) is 11.5. The van der Waals surface area contributed by atoms with Crippen LogP contribution >= 0.6 is 0 Å². The van der Waals surface area contributed by atoms with Crippen molar-refractivity contribution in [2.24, 2.45) is 0 Å². The Bertz CT molecular complexity index is 1510. The van der Waals surface area contributed by atoms with Crippen molar-refractivity contribution < 1.29 is 31.9 Å². The molecule has 0 heterocycles. The lowest BCUT2D eigenvalue weighted by atomic mass is 10.1. The molecule has 0 unspecified atom stereocenters. The highest BCUT2D eigenvalue weighted by Gasteiger charge is 2.34. The Hall–Kier alpha value is -4.12. The number of nitrogens with one attached hydrogen (secondary N) is 1. The Morgan fingerprint density at radius 1 is 0.930 bits per heavy atom. The second kappa shape index (κ2) is 14.9. The van der Waals surface area contributed by atoms with E-state index in [1.54, 1.807) is 6.92 Å². The van der Waals surface area contributed by atoms with Crippen molar-refractivity contribution in [1.82, 2.24) is 10.2 Å². The first kappa shape index (κ1) is 33.4. The number of hydrogen-bond acceptors (Lipinski definition) is 6. The third kappa shape index (κ3) is 8.25. The van der Waals surface area contributed by atoms with Gasteiger partial charge in [0.2, 0.25) is 11.8 Å². The summed E-state index contributed by atoms with van der Waals surface area (Å²) in [4.78, 5) is 28.8. The molecule has 0 aliphatic heterocycles. The minimum atomic E-state index is -4.38. The number of methoxy groups -OCH3 is 2. The number of amides is 2. The second-order valence-electron chi connectivity index (χ2n) is 10.3. The molecule has 0 aromatic heterocycles. The quantitative estimate of drug-likeness (QED) is 0.272. The highest BCUT2D eigenvalue weighted by atomic mass is 32.2. The van der Waals surface area contributed by atoms with E-state index in [0.717, 1.165) is 27.6 Å². The molecule has 43 heavy (non-hydrogen) atoms. The predicted molar refractivity (Wildman–Crippen MR) is 164 cm³/mol. The molecule has 3 rings (SSSR count). The van der Waals surface area contributed by atoms with Gasteiger partial charge in [-0.15, -0.1) is 0 Å². The maximum absolute atomic E-state index is 14.2. The number of sulfonamides is 1. The summed E-state index contributed by atoms with van der Waals surface area (Å²) in [5.41, 5.74) is 1.85. The maximum atomic E-state index is 14.2. The van der Waals surface area contributed by atoms with Gasteiger partial charge in [0.1, 0.15) is 18.4 Å². The normalized spacial score (nSPS) is 12.6. The minimum Gasteiger partial charge on any atom is -0.493 e. The number of nitrogens with zero attached hydrogens (tertiary/aromatic N) is 2. The second-order valence-corrected chi connectivity index (χ2v) is 12.1. The number of carbonyl (C=O) groups is 2. The fourth-order valence-electron chi connectivity index (χ4n) is 4.61. The van der Waals surface area contributed by atoms with Crippen molar-refractivity contribution >= 4 is 27.5 Å². The molecule has 2 amide bonds. The fraction of sp³-hybridized carbons (Fsp3) is 0.375. The van der Waals surface area contributed by atoms with Crippen LogP contribution < -0.4 is 19.1 Å². The molecule has 232 valence electrons. The fourth-order valence-corrected chi connectivity index (χ4v) is 6.04. The first-order valence-electron chi connectivity index (χ1n) is 14.1. The van der Waals surface area contributed by atoms with Gasteiger partial charge in [-0.2, -0.15) is 0 Å². The van der Waals surface area contributed by atoms with Gasteiger partial charge in [0.25, 0.3) is 10.0 Å². The zero-order chi connectivity index (χ0) is 31.7. The number of rotatable bonds is 14. The van der Waals surface area contributed by atoms with Crippen molar-refractivity contribution in [2.75, 3.05) is 25.1 Å². The SMILES string of the molecule is CC[C@H](C)NC(=O)[C@H](CC)N(Cc1cccc(C)c1)C(=O)CN(c1ccc(F)cc1)S(=O)(=O)c1ccc(OC)c(OC)c1. The number of carbonyl (C=O) groups excluding carboxylic acids is 2. The van der Waals surface area contributed by atoms with Crippen LogP contribution in [0.25, 0.3) is 0 Å². The van der Waals surface area contributed by atoms with Crippen LogP contribution in [0.5, 0.6) is 11.5 Å². The van der Waals surface area contributed by atoms with Crippen molar-refractivity contribution in [3.05, 3.63) is 83.7 Å². The number of benzene rings is 3. The standard InChI is InChI=1S/C32H40FN3O6S/c1-7-23(4)34-32(38)28(8-2)35(20-24-11-9-10-22(3)18-24)31(37)21-36(26-14-12-25(33)13-15-26)43(39,40)27-16-17-29(41-5)30(19-27)42-6/h9-19,23,28H,7-8,20-21H2,1-6H3,(H,34,38)/t23-,28-/m0/s1. The first-order chi connectivity index (χ1) is 20.4. The molecule has 0 saturated heterocycles. The Morgan fingerprint density at radius 2 is 1.60 bits per heavy atom. The smallest absolute Gasteiger partial charge is 0.264 e. The number of halogens is 1. The third-order valence-corrected chi connectivity index (χ3v) is 8.93. The van der Waals surface area contributed by atoms with E-state index < -0.39 is 34.3 Å². The Labute approximate surface area is 253 Å². The summed E-state index contributed by atoms with van der Waals surface area (Å²) in [5.74, 6) is -0.974. The van der Waals surface area contributed by atoms with Crippen molar-refractivity contribution in [2.45, 2.75) is 64.1 Å². The van der Waals surface area contributed by atoms with E-state index in [2.05, 4.69) is 5.32 Å². The summed E-state index contributed by atoms with van der Waals surface area (Å²) in [5, 5.41) is 2.95. The van der Waals surface area contributed by atoms with E-state index >= 15 is 0 Å². The van der Waals surface area contributed by atoms with Crippen molar-refractivity contribution in [3.63, 3.8) is 0 Å². The molecule has 0 aliphatic carbocycles. The van der Waals surface area contributed by atoms with Gasteiger partial charge in [-0.1, -0.05) is 43.7 Å². The van der Waals surface area contributed by atoms with E-state index in [-0.39, 0.29) is 34.8 Å². The highest BCUT2D eigenvalue weighted by molar-refractivity contribution is 7.92. The minimum absolute atomic E-state index is 0.0807. The third-order valence-electron chi connectivity index (χ3n) is 7.16. The monoisotopic (exact) mass is 613 g/mol. The molecule has 3 aromatic carbocycles. The van der Waals surface area contributed by atoms with Crippen LogP contribution in [0.2, 0.25) is 0 Å². The molecule has 3 aromatic rings. The zero-order valence-electron chi connectivity index (χ0n) is 25.5. The van der Waals surface area contributed by atoms with E-state index in [1.807, 2.05) is 45.0 Å². The predicted octanol–water partition coefficient (Wildman–Crippen LogP) is 5.07. The van der Waals surface area contributed by atoms with Gasteiger partial charge < -0.3 is 19.7 Å². The lowest BCUT2D eigenvalue weighted by Gasteiger charge is -2.33. The summed E-state index contributed by atoms with van der Waals surface area (Å²) < 4.78 is 53.5. The molecule has 0 radical (unpaired) electrons. The summed E-state index contributed by atoms with van der Waals surface area (Å²) in [6.45, 7) is 7.00. The van der Waals surface area contributed by atoms with Crippen molar-refractivity contribution in [3.8, 4) is 11.5 Å². The molecular weight excluding hydrogens is 573 g/mol. The van der Waals surface area contributed by atoms with Crippen LogP contribution in [-0.4, -0.2) is 58.0 Å². The van der Waals surface area contributed by atoms with E-state index in [0.29, 0.717) is 18.6 Å². The molecule has 0 spiro atoms. The van der Waals surface area contributed by atoms with Crippen molar-refractivity contribution in [1.29, 1.82) is 0 Å². The summed E-state index contributed by atoms with van der Waals surface area (Å²) in [6, 6.07) is 15.5. The Balaban J connectivity index is 2.10.